The van der Waals surface area contributed by atoms with E-state index in [0.29, 0.717) is 18.8 Å². The van der Waals surface area contributed by atoms with Gasteiger partial charge in [0.15, 0.2) is 9.84 Å². The second-order valence-corrected chi connectivity index (χ2v) is 6.04. The number of carbonyl (C=O) groups is 1. The number of benzene rings is 1. The molecule has 0 aliphatic carbocycles. The number of esters is 1. The molecule has 0 aliphatic heterocycles. The Kier molecular flexibility index (Phi) is 5.35. The summed E-state index contributed by atoms with van der Waals surface area (Å²) in [5.74, 6) is -0.368. The number of para-hydroxylation sites is 1. The van der Waals surface area contributed by atoms with Crippen LogP contribution in [-0.4, -0.2) is 40.3 Å². The first-order valence-corrected chi connectivity index (χ1v) is 7.99. The van der Waals surface area contributed by atoms with Crippen LogP contribution in [0, 0.1) is 0 Å². The minimum absolute atomic E-state index is 0.0386. The monoisotopic (exact) mass is 285 g/mol. The van der Waals surface area contributed by atoms with Gasteiger partial charge in [-0.25, -0.2) is 8.42 Å². The van der Waals surface area contributed by atoms with Crippen molar-refractivity contribution in [2.24, 2.45) is 0 Å². The molecular formula is C13H19NO4S. The predicted octanol–water partition coefficient (Wildman–Crippen LogP) is 1.48. The normalized spacial score (nSPS) is 11.1. The molecule has 0 bridgehead atoms. The first-order chi connectivity index (χ1) is 8.90. The highest BCUT2D eigenvalue weighted by Gasteiger charge is 2.18. The number of nitrogens with zero attached hydrogens (tertiary/aromatic N) is 1. The summed E-state index contributed by atoms with van der Waals surface area (Å²) in [6, 6.07) is 6.65. The summed E-state index contributed by atoms with van der Waals surface area (Å²) < 4.78 is 28.4. The molecule has 0 spiro atoms. The van der Waals surface area contributed by atoms with Gasteiger partial charge in [-0.2, -0.15) is 0 Å². The van der Waals surface area contributed by atoms with Crippen molar-refractivity contribution >= 4 is 21.5 Å². The predicted molar refractivity (Wildman–Crippen MR) is 74.1 cm³/mol. The summed E-state index contributed by atoms with van der Waals surface area (Å²) in [6.45, 7) is 4.46. The van der Waals surface area contributed by atoms with Gasteiger partial charge >= 0.3 is 5.97 Å². The zero-order valence-corrected chi connectivity index (χ0v) is 12.2. The number of carbonyl (C=O) groups excluding carboxylic acids is 1. The van der Waals surface area contributed by atoms with Crippen LogP contribution in [0.25, 0.3) is 0 Å². The SMILES string of the molecule is CCOC(=O)CN(CC)c1ccccc1S(C)(=O)=O. The van der Waals surface area contributed by atoms with Crippen LogP contribution in [0.3, 0.4) is 0 Å². The maximum atomic E-state index is 11.7. The highest BCUT2D eigenvalue weighted by molar-refractivity contribution is 7.90. The Morgan fingerprint density at radius 3 is 2.42 bits per heavy atom. The zero-order valence-electron chi connectivity index (χ0n) is 11.4. The summed E-state index contributed by atoms with van der Waals surface area (Å²) in [7, 11) is -3.33. The van der Waals surface area contributed by atoms with E-state index in [2.05, 4.69) is 0 Å². The van der Waals surface area contributed by atoms with Crippen molar-refractivity contribution in [1.82, 2.24) is 0 Å². The van der Waals surface area contributed by atoms with E-state index in [1.807, 2.05) is 6.92 Å². The van der Waals surface area contributed by atoms with Crippen molar-refractivity contribution in [3.05, 3.63) is 24.3 Å². The van der Waals surface area contributed by atoms with Gasteiger partial charge in [0.25, 0.3) is 0 Å². The van der Waals surface area contributed by atoms with E-state index in [4.69, 9.17) is 4.74 Å². The van der Waals surface area contributed by atoms with Crippen molar-refractivity contribution in [1.29, 1.82) is 0 Å². The van der Waals surface area contributed by atoms with E-state index >= 15 is 0 Å². The minimum Gasteiger partial charge on any atom is -0.465 e. The third kappa shape index (κ3) is 4.24. The Morgan fingerprint density at radius 2 is 1.89 bits per heavy atom. The molecule has 6 heteroatoms. The Labute approximate surface area is 114 Å². The molecule has 0 aliphatic rings. The van der Waals surface area contributed by atoms with Gasteiger partial charge in [0.05, 0.1) is 17.2 Å². The first-order valence-electron chi connectivity index (χ1n) is 6.09. The Hall–Kier alpha value is -1.56. The average Bonchev–Trinajstić information content (AvgIpc) is 2.35. The lowest BCUT2D eigenvalue weighted by Gasteiger charge is -2.24. The van der Waals surface area contributed by atoms with Crippen LogP contribution >= 0.6 is 0 Å². The molecule has 0 aromatic heterocycles. The first kappa shape index (κ1) is 15.5. The van der Waals surface area contributed by atoms with Crippen LogP contribution in [0.4, 0.5) is 5.69 Å². The Balaban J connectivity index is 3.09. The van der Waals surface area contributed by atoms with Crippen molar-refractivity contribution in [2.45, 2.75) is 18.7 Å². The van der Waals surface area contributed by atoms with Crippen LogP contribution in [-0.2, 0) is 19.4 Å². The van der Waals surface area contributed by atoms with Crippen molar-refractivity contribution < 1.29 is 17.9 Å². The molecule has 0 heterocycles. The lowest BCUT2D eigenvalue weighted by Crippen LogP contribution is -2.31. The fourth-order valence-electron chi connectivity index (χ4n) is 1.76. The molecule has 106 valence electrons. The van der Waals surface area contributed by atoms with Crippen LogP contribution < -0.4 is 4.90 Å². The van der Waals surface area contributed by atoms with Gasteiger partial charge in [-0.1, -0.05) is 12.1 Å². The van der Waals surface area contributed by atoms with Gasteiger partial charge in [-0.3, -0.25) is 4.79 Å². The molecule has 0 saturated carbocycles. The summed E-state index contributed by atoms with van der Waals surface area (Å²) >= 11 is 0. The summed E-state index contributed by atoms with van der Waals surface area (Å²) in [5, 5.41) is 0. The number of hydrogen-bond donors (Lipinski definition) is 0. The maximum absolute atomic E-state index is 11.7. The summed E-state index contributed by atoms with van der Waals surface area (Å²) in [6.07, 6.45) is 1.16. The number of ether oxygens (including phenoxy) is 1. The van der Waals surface area contributed by atoms with Gasteiger partial charge in [0.1, 0.15) is 6.54 Å². The van der Waals surface area contributed by atoms with E-state index in [1.54, 1.807) is 36.1 Å². The highest BCUT2D eigenvalue weighted by Crippen LogP contribution is 2.24. The van der Waals surface area contributed by atoms with Gasteiger partial charge in [0.2, 0.25) is 0 Å². The Morgan fingerprint density at radius 1 is 1.26 bits per heavy atom. The molecule has 0 fully saturated rings. The van der Waals surface area contributed by atoms with Crippen LogP contribution in [0.15, 0.2) is 29.2 Å². The van der Waals surface area contributed by atoms with Crippen molar-refractivity contribution in [3.63, 3.8) is 0 Å². The molecular weight excluding hydrogens is 266 g/mol. The summed E-state index contributed by atoms with van der Waals surface area (Å²) in [5.41, 5.74) is 0.528. The average molecular weight is 285 g/mol. The molecule has 1 rings (SSSR count). The molecule has 0 saturated heterocycles. The highest BCUT2D eigenvalue weighted by atomic mass is 32.2. The van der Waals surface area contributed by atoms with Crippen molar-refractivity contribution in [3.8, 4) is 0 Å². The molecule has 1 aromatic carbocycles. The fraction of sp³-hybridized carbons (Fsp3) is 0.462. The topological polar surface area (TPSA) is 63.7 Å². The number of anilines is 1. The van der Waals surface area contributed by atoms with E-state index in [-0.39, 0.29) is 17.4 Å². The van der Waals surface area contributed by atoms with E-state index < -0.39 is 9.84 Å². The lowest BCUT2D eigenvalue weighted by atomic mass is 10.3. The fourth-order valence-corrected chi connectivity index (χ4v) is 2.66. The quantitative estimate of drug-likeness (QED) is 0.741. The Bertz CT molecular complexity index is 539. The van der Waals surface area contributed by atoms with E-state index in [1.165, 1.54) is 0 Å². The molecule has 0 atom stereocenters. The zero-order chi connectivity index (χ0) is 14.5. The van der Waals surface area contributed by atoms with Gasteiger partial charge in [-0.15, -0.1) is 0 Å². The third-order valence-corrected chi connectivity index (χ3v) is 3.76. The van der Waals surface area contributed by atoms with Gasteiger partial charge in [0, 0.05) is 12.8 Å². The molecule has 0 unspecified atom stereocenters. The summed E-state index contributed by atoms with van der Waals surface area (Å²) in [4.78, 5) is 13.4. The van der Waals surface area contributed by atoms with E-state index in [9.17, 15) is 13.2 Å². The van der Waals surface area contributed by atoms with Crippen LogP contribution in [0.1, 0.15) is 13.8 Å². The standard InChI is InChI=1S/C13H19NO4S/c1-4-14(10-13(15)18-5-2)11-8-6-7-9-12(11)19(3,16)17/h6-9H,4-5,10H2,1-3H3. The van der Waals surface area contributed by atoms with Gasteiger partial charge < -0.3 is 9.64 Å². The lowest BCUT2D eigenvalue weighted by molar-refractivity contribution is -0.141. The smallest absolute Gasteiger partial charge is 0.325 e. The second kappa shape index (κ2) is 6.56. The molecule has 5 nitrogen and oxygen atoms in total. The molecule has 1 aromatic rings. The third-order valence-electron chi connectivity index (χ3n) is 2.61. The second-order valence-electron chi connectivity index (χ2n) is 4.06. The maximum Gasteiger partial charge on any atom is 0.325 e. The minimum atomic E-state index is -3.33. The number of sulfone groups is 1. The van der Waals surface area contributed by atoms with Crippen LogP contribution in [0.2, 0.25) is 0 Å². The number of likely N-dealkylation sites (N-methyl/N-ethyl adjacent to an activating group) is 1. The van der Waals surface area contributed by atoms with E-state index in [0.717, 1.165) is 6.26 Å². The largest absolute Gasteiger partial charge is 0.465 e. The number of rotatable bonds is 6. The molecule has 0 amide bonds. The molecule has 19 heavy (non-hydrogen) atoms. The molecule has 0 radical (unpaired) electrons. The number of hydrogen-bond acceptors (Lipinski definition) is 5. The van der Waals surface area contributed by atoms with Gasteiger partial charge in [-0.05, 0) is 26.0 Å². The van der Waals surface area contributed by atoms with Crippen LogP contribution in [0.5, 0.6) is 0 Å². The van der Waals surface area contributed by atoms with Crippen molar-refractivity contribution in [2.75, 3.05) is 30.9 Å². The molecule has 0 N–H and O–H groups in total.